The molecule has 0 heterocycles. The van der Waals surface area contributed by atoms with Crippen LogP contribution in [0.25, 0.3) is 0 Å². The summed E-state index contributed by atoms with van der Waals surface area (Å²) in [5, 5.41) is 9.43. The number of carboxylic acid groups (broad SMARTS) is 1. The molecule has 0 bridgehead atoms. The lowest BCUT2D eigenvalue weighted by molar-refractivity contribution is 0.187. The highest BCUT2D eigenvalue weighted by Gasteiger charge is 2.10. The third kappa shape index (κ3) is 3.58. The summed E-state index contributed by atoms with van der Waals surface area (Å²) in [6, 6.07) is 4.82. The van der Waals surface area contributed by atoms with Gasteiger partial charge in [-0.15, -0.1) is 0 Å². The highest BCUT2D eigenvalue weighted by molar-refractivity contribution is 6.35. The third-order valence-electron chi connectivity index (χ3n) is 1.82. The van der Waals surface area contributed by atoms with E-state index in [2.05, 4.69) is 10.9 Å². The van der Waals surface area contributed by atoms with Gasteiger partial charge in [0.15, 0.2) is 0 Å². The second kappa shape index (κ2) is 5.21. The van der Waals surface area contributed by atoms with E-state index in [9.17, 15) is 4.79 Å². The van der Waals surface area contributed by atoms with E-state index < -0.39 is 6.09 Å². The quantitative estimate of drug-likeness (QED) is 0.722. The number of halogens is 2. The molecule has 3 N–H and O–H groups in total. The van der Waals surface area contributed by atoms with Gasteiger partial charge in [-0.3, -0.25) is 5.43 Å². The van der Waals surface area contributed by atoms with Crippen LogP contribution in [0.4, 0.5) is 4.79 Å². The molecule has 1 aromatic rings. The van der Waals surface area contributed by atoms with Crippen LogP contribution in [-0.4, -0.2) is 11.2 Å². The van der Waals surface area contributed by atoms with Crippen LogP contribution in [0.2, 0.25) is 10.0 Å². The molecule has 0 aromatic heterocycles. The van der Waals surface area contributed by atoms with Crippen LogP contribution in [0, 0.1) is 0 Å². The predicted octanol–water partition coefficient (Wildman–Crippen LogP) is 2.83. The van der Waals surface area contributed by atoms with Gasteiger partial charge in [-0.1, -0.05) is 29.3 Å². The van der Waals surface area contributed by atoms with Crippen LogP contribution in [0.1, 0.15) is 18.5 Å². The highest BCUT2D eigenvalue weighted by Crippen LogP contribution is 2.25. The number of rotatable bonds is 3. The van der Waals surface area contributed by atoms with Gasteiger partial charge < -0.3 is 5.11 Å². The first-order valence-electron chi connectivity index (χ1n) is 4.20. The fourth-order valence-electron chi connectivity index (χ4n) is 1.10. The fourth-order valence-corrected chi connectivity index (χ4v) is 1.67. The van der Waals surface area contributed by atoms with Gasteiger partial charge in [-0.25, -0.2) is 10.2 Å². The number of nitrogens with one attached hydrogen (secondary N) is 2. The Morgan fingerprint density at radius 2 is 2.13 bits per heavy atom. The molecule has 0 spiro atoms. The summed E-state index contributed by atoms with van der Waals surface area (Å²) in [6.45, 7) is 1.78. The van der Waals surface area contributed by atoms with E-state index >= 15 is 0 Å². The number of hydrazine groups is 1. The number of carbonyl (C=O) groups is 1. The van der Waals surface area contributed by atoms with Crippen LogP contribution < -0.4 is 10.9 Å². The first kappa shape index (κ1) is 12.1. The van der Waals surface area contributed by atoms with Gasteiger partial charge in [0.2, 0.25) is 0 Å². The van der Waals surface area contributed by atoms with Crippen molar-refractivity contribution in [1.82, 2.24) is 10.9 Å². The van der Waals surface area contributed by atoms with Crippen LogP contribution in [0.3, 0.4) is 0 Å². The van der Waals surface area contributed by atoms with Crippen LogP contribution in [0.15, 0.2) is 18.2 Å². The van der Waals surface area contributed by atoms with Gasteiger partial charge in [0, 0.05) is 16.1 Å². The Bertz CT molecular complexity index is 371. The molecule has 0 saturated carbocycles. The van der Waals surface area contributed by atoms with E-state index in [0.29, 0.717) is 10.0 Å². The van der Waals surface area contributed by atoms with E-state index in [0.717, 1.165) is 5.56 Å². The average Bonchev–Trinajstić information content (AvgIpc) is 2.14. The van der Waals surface area contributed by atoms with Gasteiger partial charge in [-0.05, 0) is 24.6 Å². The molecular weight excluding hydrogens is 239 g/mol. The molecule has 0 fully saturated rings. The zero-order valence-corrected chi connectivity index (χ0v) is 9.43. The lowest BCUT2D eigenvalue weighted by Crippen LogP contribution is -2.38. The number of hydrogen-bond acceptors (Lipinski definition) is 2. The Labute approximate surface area is 97.2 Å². The first-order chi connectivity index (χ1) is 7.00. The molecular formula is C9H10Cl2N2O2. The summed E-state index contributed by atoms with van der Waals surface area (Å²) >= 11 is 11.7. The Morgan fingerprint density at radius 3 is 2.67 bits per heavy atom. The zero-order chi connectivity index (χ0) is 11.4. The van der Waals surface area contributed by atoms with Crippen molar-refractivity contribution in [2.45, 2.75) is 13.0 Å². The molecule has 0 aliphatic rings. The molecule has 1 rings (SSSR count). The molecule has 1 atom stereocenters. The van der Waals surface area contributed by atoms with Crippen molar-refractivity contribution in [2.24, 2.45) is 0 Å². The van der Waals surface area contributed by atoms with Gasteiger partial charge in [0.05, 0.1) is 0 Å². The van der Waals surface area contributed by atoms with Crippen molar-refractivity contribution < 1.29 is 9.90 Å². The van der Waals surface area contributed by atoms with E-state index in [4.69, 9.17) is 28.3 Å². The van der Waals surface area contributed by atoms with Crippen molar-refractivity contribution >= 4 is 29.3 Å². The van der Waals surface area contributed by atoms with Crippen LogP contribution in [-0.2, 0) is 0 Å². The third-order valence-corrected chi connectivity index (χ3v) is 2.39. The lowest BCUT2D eigenvalue weighted by atomic mass is 10.1. The minimum atomic E-state index is -1.15. The molecule has 82 valence electrons. The largest absolute Gasteiger partial charge is 0.464 e. The van der Waals surface area contributed by atoms with Crippen molar-refractivity contribution in [3.05, 3.63) is 33.8 Å². The second-order valence-corrected chi connectivity index (χ2v) is 3.81. The molecule has 1 unspecified atom stereocenters. The minimum absolute atomic E-state index is 0.231. The molecule has 1 aromatic carbocycles. The summed E-state index contributed by atoms with van der Waals surface area (Å²) in [5.41, 5.74) is 5.42. The van der Waals surface area contributed by atoms with Gasteiger partial charge in [0.25, 0.3) is 0 Å². The highest BCUT2D eigenvalue weighted by atomic mass is 35.5. The molecule has 0 aliphatic heterocycles. The Kier molecular flexibility index (Phi) is 4.20. The predicted molar refractivity (Wildman–Crippen MR) is 59.2 cm³/mol. The van der Waals surface area contributed by atoms with Crippen molar-refractivity contribution in [1.29, 1.82) is 0 Å². The average molecular weight is 249 g/mol. The molecule has 1 amide bonds. The van der Waals surface area contributed by atoms with Crippen molar-refractivity contribution in [2.75, 3.05) is 0 Å². The maximum Gasteiger partial charge on any atom is 0.419 e. The zero-order valence-electron chi connectivity index (χ0n) is 7.92. The Hall–Kier alpha value is -0.970. The summed E-state index contributed by atoms with van der Waals surface area (Å²) < 4.78 is 0. The molecule has 4 nitrogen and oxygen atoms in total. The SMILES string of the molecule is CC(NNC(=O)O)c1ccc(Cl)cc1Cl. The van der Waals surface area contributed by atoms with E-state index in [-0.39, 0.29) is 6.04 Å². The Balaban J connectivity index is 2.73. The van der Waals surface area contributed by atoms with Gasteiger partial charge in [-0.2, -0.15) is 0 Å². The number of amides is 1. The minimum Gasteiger partial charge on any atom is -0.464 e. The monoisotopic (exact) mass is 248 g/mol. The topological polar surface area (TPSA) is 61.4 Å². The number of hydrogen-bond donors (Lipinski definition) is 3. The summed E-state index contributed by atoms with van der Waals surface area (Å²) in [6.07, 6.45) is -1.15. The maximum absolute atomic E-state index is 10.2. The van der Waals surface area contributed by atoms with E-state index in [1.807, 2.05) is 0 Å². The van der Waals surface area contributed by atoms with E-state index in [1.165, 1.54) is 0 Å². The molecule has 0 saturated heterocycles. The van der Waals surface area contributed by atoms with Crippen LogP contribution >= 0.6 is 23.2 Å². The standard InChI is InChI=1S/C9H10Cl2N2O2/c1-5(12-13-9(14)15)7-3-2-6(10)4-8(7)11/h2-5,12-13H,1H3,(H,14,15). The first-order valence-corrected chi connectivity index (χ1v) is 4.95. The van der Waals surface area contributed by atoms with Gasteiger partial charge >= 0.3 is 6.09 Å². The smallest absolute Gasteiger partial charge is 0.419 e. The summed E-state index contributed by atoms with van der Waals surface area (Å²) in [5.74, 6) is 0. The Morgan fingerprint density at radius 1 is 1.47 bits per heavy atom. The maximum atomic E-state index is 10.2. The number of benzene rings is 1. The molecule has 0 radical (unpaired) electrons. The summed E-state index contributed by atoms with van der Waals surface area (Å²) in [7, 11) is 0. The van der Waals surface area contributed by atoms with Gasteiger partial charge in [0.1, 0.15) is 0 Å². The lowest BCUT2D eigenvalue weighted by Gasteiger charge is -2.15. The molecule has 6 heteroatoms. The second-order valence-electron chi connectivity index (χ2n) is 2.96. The van der Waals surface area contributed by atoms with E-state index in [1.54, 1.807) is 25.1 Å². The summed E-state index contributed by atoms with van der Waals surface area (Å²) in [4.78, 5) is 10.2. The fraction of sp³-hybridized carbons (Fsp3) is 0.222. The van der Waals surface area contributed by atoms with Crippen molar-refractivity contribution in [3.63, 3.8) is 0 Å². The van der Waals surface area contributed by atoms with Crippen molar-refractivity contribution in [3.8, 4) is 0 Å². The van der Waals surface area contributed by atoms with Crippen LogP contribution in [0.5, 0.6) is 0 Å². The normalized spacial score (nSPS) is 12.2. The molecule has 15 heavy (non-hydrogen) atoms. The molecule has 0 aliphatic carbocycles.